The number of carbonyl (C=O) groups is 1. The van der Waals surface area contributed by atoms with Crippen molar-refractivity contribution in [2.45, 2.75) is 37.1 Å². The Labute approximate surface area is 151 Å². The standard InChI is InChI=1S/C17H23N3O4S/c1-24-16-5-2-12(8-15(16)20(22)23)10-25-11-17(21)19-7-6-13-3-4-14(9-19)18-13/h2,5,8,13-14,18H,3-4,6-7,9-11H2,1H3. The third-order valence-corrected chi connectivity index (χ3v) is 5.80. The third-order valence-electron chi connectivity index (χ3n) is 4.81. The number of hydrogen-bond donors (Lipinski definition) is 1. The monoisotopic (exact) mass is 365 g/mol. The molecule has 1 N–H and O–H groups in total. The maximum absolute atomic E-state index is 12.4. The van der Waals surface area contributed by atoms with E-state index in [0.29, 0.717) is 23.6 Å². The molecule has 0 radical (unpaired) electrons. The van der Waals surface area contributed by atoms with Gasteiger partial charge in [-0.05, 0) is 30.9 Å². The van der Waals surface area contributed by atoms with E-state index in [9.17, 15) is 14.9 Å². The molecule has 2 unspecified atom stereocenters. The minimum Gasteiger partial charge on any atom is -0.490 e. The van der Waals surface area contributed by atoms with Crippen LogP contribution in [-0.4, -0.2) is 53.8 Å². The minimum atomic E-state index is -0.447. The summed E-state index contributed by atoms with van der Waals surface area (Å²) in [4.78, 5) is 25.0. The van der Waals surface area contributed by atoms with Crippen LogP contribution in [0.25, 0.3) is 0 Å². The van der Waals surface area contributed by atoms with Crippen LogP contribution in [0.1, 0.15) is 24.8 Å². The highest BCUT2D eigenvalue weighted by atomic mass is 32.2. The normalized spacial score (nSPS) is 22.5. The average Bonchev–Trinajstić information content (AvgIpc) is 2.93. The first-order valence-corrected chi connectivity index (χ1v) is 9.65. The van der Waals surface area contributed by atoms with Crippen LogP contribution in [0.2, 0.25) is 0 Å². The van der Waals surface area contributed by atoms with Crippen molar-refractivity contribution in [3.8, 4) is 5.75 Å². The molecule has 136 valence electrons. The van der Waals surface area contributed by atoms with Gasteiger partial charge in [0.05, 0.1) is 17.8 Å². The van der Waals surface area contributed by atoms with E-state index in [1.54, 1.807) is 12.1 Å². The van der Waals surface area contributed by atoms with Crippen molar-refractivity contribution in [1.29, 1.82) is 0 Å². The van der Waals surface area contributed by atoms with Gasteiger partial charge in [-0.1, -0.05) is 6.07 Å². The second-order valence-electron chi connectivity index (χ2n) is 6.52. The SMILES string of the molecule is COc1ccc(CSCC(=O)N2CCC3CCC(C2)N3)cc1[N+](=O)[O-]. The summed E-state index contributed by atoms with van der Waals surface area (Å²) in [5, 5.41) is 14.6. The molecule has 2 aliphatic heterocycles. The summed E-state index contributed by atoms with van der Waals surface area (Å²) < 4.78 is 5.00. The van der Waals surface area contributed by atoms with E-state index in [1.165, 1.54) is 31.4 Å². The van der Waals surface area contributed by atoms with Gasteiger partial charge >= 0.3 is 5.69 Å². The number of ether oxygens (including phenoxy) is 1. The highest BCUT2D eigenvalue weighted by molar-refractivity contribution is 7.99. The number of nitrogens with zero attached hydrogens (tertiary/aromatic N) is 2. The number of hydrogen-bond acceptors (Lipinski definition) is 6. The fourth-order valence-electron chi connectivity index (χ4n) is 3.49. The molecule has 2 fully saturated rings. The Kier molecular flexibility index (Phi) is 5.80. The van der Waals surface area contributed by atoms with E-state index in [0.717, 1.165) is 31.5 Å². The van der Waals surface area contributed by atoms with E-state index < -0.39 is 4.92 Å². The lowest BCUT2D eigenvalue weighted by Crippen LogP contribution is -2.39. The summed E-state index contributed by atoms with van der Waals surface area (Å²) in [6.45, 7) is 1.62. The summed E-state index contributed by atoms with van der Waals surface area (Å²) in [7, 11) is 1.41. The zero-order valence-electron chi connectivity index (χ0n) is 14.3. The van der Waals surface area contributed by atoms with E-state index in [2.05, 4.69) is 5.32 Å². The van der Waals surface area contributed by atoms with Crippen LogP contribution in [0.4, 0.5) is 5.69 Å². The first-order chi connectivity index (χ1) is 12.1. The van der Waals surface area contributed by atoms with Crippen LogP contribution < -0.4 is 10.1 Å². The highest BCUT2D eigenvalue weighted by Gasteiger charge is 2.30. The summed E-state index contributed by atoms with van der Waals surface area (Å²) in [5.41, 5.74) is 0.781. The van der Waals surface area contributed by atoms with Crippen molar-refractivity contribution in [1.82, 2.24) is 10.2 Å². The van der Waals surface area contributed by atoms with Crippen molar-refractivity contribution < 1.29 is 14.5 Å². The number of rotatable bonds is 6. The number of thioether (sulfide) groups is 1. The summed E-state index contributed by atoms with van der Waals surface area (Å²) in [6, 6.07) is 5.93. The van der Waals surface area contributed by atoms with Gasteiger partial charge in [0.1, 0.15) is 0 Å². The van der Waals surface area contributed by atoms with Crippen molar-refractivity contribution in [3.05, 3.63) is 33.9 Å². The van der Waals surface area contributed by atoms with Gasteiger partial charge in [0.25, 0.3) is 0 Å². The molecule has 0 spiro atoms. The van der Waals surface area contributed by atoms with Gasteiger partial charge in [0.2, 0.25) is 5.91 Å². The number of carbonyl (C=O) groups excluding carboxylic acids is 1. The van der Waals surface area contributed by atoms with Gasteiger partial charge < -0.3 is 15.0 Å². The molecule has 0 saturated carbocycles. The molecule has 2 bridgehead atoms. The minimum absolute atomic E-state index is 0.0402. The van der Waals surface area contributed by atoms with Gasteiger partial charge in [0.15, 0.2) is 5.75 Å². The summed E-state index contributed by atoms with van der Waals surface area (Å²) in [5.74, 6) is 1.37. The lowest BCUT2D eigenvalue weighted by Gasteiger charge is -2.24. The molecule has 0 aromatic heterocycles. The molecular weight excluding hydrogens is 342 g/mol. The van der Waals surface area contributed by atoms with Crippen molar-refractivity contribution in [2.24, 2.45) is 0 Å². The van der Waals surface area contributed by atoms with E-state index in [-0.39, 0.29) is 17.3 Å². The number of likely N-dealkylation sites (tertiary alicyclic amines) is 1. The van der Waals surface area contributed by atoms with E-state index >= 15 is 0 Å². The first kappa shape index (κ1) is 18.0. The van der Waals surface area contributed by atoms with Crippen LogP contribution in [0.5, 0.6) is 5.75 Å². The lowest BCUT2D eigenvalue weighted by atomic mass is 10.1. The Hall–Kier alpha value is -1.80. The number of methoxy groups -OCH3 is 1. The fraction of sp³-hybridized carbons (Fsp3) is 0.588. The molecular formula is C17H23N3O4S. The van der Waals surface area contributed by atoms with Crippen LogP contribution in [-0.2, 0) is 10.5 Å². The van der Waals surface area contributed by atoms with Gasteiger partial charge in [-0.15, -0.1) is 11.8 Å². The van der Waals surface area contributed by atoms with E-state index in [1.807, 2.05) is 4.90 Å². The predicted molar refractivity (Wildman–Crippen MR) is 97.0 cm³/mol. The van der Waals surface area contributed by atoms with Gasteiger partial charge in [0, 0.05) is 37.0 Å². The zero-order valence-corrected chi connectivity index (χ0v) is 15.1. The quantitative estimate of drug-likeness (QED) is 0.614. The maximum Gasteiger partial charge on any atom is 0.311 e. The Morgan fingerprint density at radius 3 is 2.96 bits per heavy atom. The number of nitrogens with one attached hydrogen (secondary N) is 1. The van der Waals surface area contributed by atoms with Crippen LogP contribution in [0, 0.1) is 10.1 Å². The highest BCUT2D eigenvalue weighted by Crippen LogP contribution is 2.29. The summed E-state index contributed by atoms with van der Waals surface area (Å²) >= 11 is 1.49. The Balaban J connectivity index is 1.51. The molecule has 7 nitrogen and oxygen atoms in total. The topological polar surface area (TPSA) is 84.7 Å². The van der Waals surface area contributed by atoms with Gasteiger partial charge in [-0.3, -0.25) is 14.9 Å². The molecule has 2 heterocycles. The van der Waals surface area contributed by atoms with Crippen LogP contribution in [0.15, 0.2) is 18.2 Å². The summed E-state index contributed by atoms with van der Waals surface area (Å²) in [6.07, 6.45) is 3.40. The number of nitro benzene ring substituents is 1. The molecule has 25 heavy (non-hydrogen) atoms. The first-order valence-electron chi connectivity index (χ1n) is 8.49. The van der Waals surface area contributed by atoms with Crippen LogP contribution in [0.3, 0.4) is 0 Å². The molecule has 0 aliphatic carbocycles. The molecule has 3 rings (SSSR count). The zero-order chi connectivity index (χ0) is 17.8. The molecule has 2 saturated heterocycles. The second kappa shape index (κ2) is 8.05. The molecule has 2 atom stereocenters. The lowest BCUT2D eigenvalue weighted by molar-refractivity contribution is -0.385. The molecule has 1 aromatic carbocycles. The van der Waals surface area contributed by atoms with Gasteiger partial charge in [-0.2, -0.15) is 0 Å². The maximum atomic E-state index is 12.4. The molecule has 2 aliphatic rings. The number of fused-ring (bicyclic) bond motifs is 2. The van der Waals surface area contributed by atoms with Gasteiger partial charge in [-0.25, -0.2) is 0 Å². The largest absolute Gasteiger partial charge is 0.490 e. The Morgan fingerprint density at radius 2 is 2.20 bits per heavy atom. The van der Waals surface area contributed by atoms with Crippen molar-refractivity contribution in [3.63, 3.8) is 0 Å². The average molecular weight is 365 g/mol. The van der Waals surface area contributed by atoms with Crippen molar-refractivity contribution in [2.75, 3.05) is 26.0 Å². The fourth-order valence-corrected chi connectivity index (χ4v) is 4.36. The molecule has 1 amide bonds. The predicted octanol–water partition coefficient (Wildman–Crippen LogP) is 2.19. The molecule has 1 aromatic rings. The number of amides is 1. The second-order valence-corrected chi connectivity index (χ2v) is 7.51. The number of nitro groups is 1. The number of benzene rings is 1. The molecule has 8 heteroatoms. The van der Waals surface area contributed by atoms with Crippen LogP contribution >= 0.6 is 11.8 Å². The Morgan fingerprint density at radius 1 is 1.40 bits per heavy atom. The van der Waals surface area contributed by atoms with Crippen molar-refractivity contribution >= 4 is 23.4 Å². The Bertz CT molecular complexity index is 655. The third kappa shape index (κ3) is 4.43. The smallest absolute Gasteiger partial charge is 0.311 e. The van der Waals surface area contributed by atoms with E-state index in [4.69, 9.17) is 4.74 Å².